The maximum Gasteiger partial charge on any atom is 0.270 e. The van der Waals surface area contributed by atoms with E-state index in [-0.39, 0.29) is 24.1 Å². The van der Waals surface area contributed by atoms with Gasteiger partial charge in [0.1, 0.15) is 5.69 Å². The Morgan fingerprint density at radius 1 is 1.35 bits per heavy atom. The smallest absolute Gasteiger partial charge is 0.270 e. The van der Waals surface area contributed by atoms with Crippen LogP contribution in [0.1, 0.15) is 23.8 Å². The van der Waals surface area contributed by atoms with Crippen molar-refractivity contribution >= 4 is 28.4 Å². The minimum absolute atomic E-state index is 0.0782. The number of benzene rings is 1. The van der Waals surface area contributed by atoms with Gasteiger partial charge in [0, 0.05) is 23.5 Å². The van der Waals surface area contributed by atoms with E-state index in [1.165, 1.54) is 6.07 Å². The van der Waals surface area contributed by atoms with E-state index in [2.05, 4.69) is 10.3 Å². The maximum atomic E-state index is 12.1. The number of amides is 2. The number of anilines is 1. The molecule has 0 spiro atoms. The Kier molecular flexibility index (Phi) is 3.84. The van der Waals surface area contributed by atoms with Crippen molar-refractivity contribution in [2.24, 2.45) is 5.73 Å². The van der Waals surface area contributed by atoms with Crippen LogP contribution in [0.15, 0.2) is 30.3 Å². The largest absolute Gasteiger partial charge is 0.398 e. The van der Waals surface area contributed by atoms with Gasteiger partial charge in [0.05, 0.1) is 5.52 Å². The number of aromatic nitrogens is 1. The van der Waals surface area contributed by atoms with E-state index in [0.717, 1.165) is 5.39 Å². The summed E-state index contributed by atoms with van der Waals surface area (Å²) in [6, 6.07) is 8.48. The molecule has 1 atom stereocenters. The predicted molar refractivity (Wildman–Crippen MR) is 76.9 cm³/mol. The molecule has 2 amide bonds. The molecular weight excluding hydrogens is 256 g/mol. The number of nitrogens with two attached hydrogens (primary N) is 2. The number of nitrogen functional groups attached to an aromatic ring is 1. The second kappa shape index (κ2) is 5.56. The molecule has 0 fully saturated rings. The minimum atomic E-state index is -0.469. The minimum Gasteiger partial charge on any atom is -0.398 e. The van der Waals surface area contributed by atoms with Crippen molar-refractivity contribution in [3.05, 3.63) is 36.0 Å². The van der Waals surface area contributed by atoms with Gasteiger partial charge >= 0.3 is 0 Å². The average molecular weight is 272 g/mol. The van der Waals surface area contributed by atoms with Crippen molar-refractivity contribution in [2.45, 2.75) is 19.4 Å². The Bertz CT molecular complexity index is 669. The molecule has 1 unspecified atom stereocenters. The number of carbonyl (C=O) groups is 2. The molecule has 2 rings (SSSR count). The zero-order chi connectivity index (χ0) is 14.7. The molecular formula is C14H16N4O2. The molecule has 2 aromatic rings. The third kappa shape index (κ3) is 3.03. The van der Waals surface area contributed by atoms with Crippen LogP contribution in [0.25, 0.3) is 10.9 Å². The van der Waals surface area contributed by atoms with Gasteiger partial charge in [0.15, 0.2) is 0 Å². The van der Waals surface area contributed by atoms with Crippen molar-refractivity contribution in [3.8, 4) is 0 Å². The number of hydrogen-bond acceptors (Lipinski definition) is 4. The van der Waals surface area contributed by atoms with Gasteiger partial charge in [-0.2, -0.15) is 0 Å². The highest BCUT2D eigenvalue weighted by atomic mass is 16.2. The highest BCUT2D eigenvalue weighted by Crippen LogP contribution is 2.20. The lowest BCUT2D eigenvalue weighted by molar-refractivity contribution is -0.118. The topological polar surface area (TPSA) is 111 Å². The van der Waals surface area contributed by atoms with Gasteiger partial charge in [-0.3, -0.25) is 9.59 Å². The molecule has 0 radical (unpaired) electrons. The van der Waals surface area contributed by atoms with Gasteiger partial charge in [-0.1, -0.05) is 18.2 Å². The van der Waals surface area contributed by atoms with Gasteiger partial charge in [0.25, 0.3) is 5.91 Å². The summed E-state index contributed by atoms with van der Waals surface area (Å²) in [6.45, 7) is 1.70. The molecule has 6 nitrogen and oxygen atoms in total. The number of para-hydroxylation sites is 1. The number of nitrogens with one attached hydrogen (secondary N) is 1. The van der Waals surface area contributed by atoms with Crippen LogP contribution in [0.4, 0.5) is 5.69 Å². The second-order valence-corrected chi connectivity index (χ2v) is 4.66. The molecule has 0 aliphatic carbocycles. The molecule has 0 aliphatic heterocycles. The molecule has 0 aliphatic rings. The van der Waals surface area contributed by atoms with E-state index in [1.807, 2.05) is 18.2 Å². The van der Waals surface area contributed by atoms with Crippen molar-refractivity contribution in [1.82, 2.24) is 10.3 Å². The lowest BCUT2D eigenvalue weighted by Crippen LogP contribution is -2.36. The number of carbonyl (C=O) groups excluding carboxylic acids is 2. The Morgan fingerprint density at radius 2 is 2.05 bits per heavy atom. The van der Waals surface area contributed by atoms with E-state index in [9.17, 15) is 9.59 Å². The molecule has 0 bridgehead atoms. The fraction of sp³-hybridized carbons (Fsp3) is 0.214. The van der Waals surface area contributed by atoms with Crippen LogP contribution >= 0.6 is 0 Å². The van der Waals surface area contributed by atoms with Crippen LogP contribution in [0, 0.1) is 0 Å². The molecule has 6 heteroatoms. The van der Waals surface area contributed by atoms with Crippen LogP contribution in [0.2, 0.25) is 0 Å². The van der Waals surface area contributed by atoms with Crippen LogP contribution in [0.5, 0.6) is 0 Å². The summed E-state index contributed by atoms with van der Waals surface area (Å²) in [5.41, 5.74) is 12.4. The zero-order valence-electron chi connectivity index (χ0n) is 11.1. The van der Waals surface area contributed by atoms with Crippen LogP contribution in [-0.2, 0) is 4.79 Å². The van der Waals surface area contributed by atoms with E-state index >= 15 is 0 Å². The normalized spacial score (nSPS) is 12.1. The summed E-state index contributed by atoms with van der Waals surface area (Å²) in [5.74, 6) is -0.847. The van der Waals surface area contributed by atoms with Gasteiger partial charge in [-0.25, -0.2) is 4.98 Å². The van der Waals surface area contributed by atoms with Crippen molar-refractivity contribution < 1.29 is 9.59 Å². The fourth-order valence-electron chi connectivity index (χ4n) is 1.97. The van der Waals surface area contributed by atoms with Crippen molar-refractivity contribution in [1.29, 1.82) is 0 Å². The third-order valence-electron chi connectivity index (χ3n) is 2.87. The first-order valence-electron chi connectivity index (χ1n) is 6.22. The number of nitrogens with zero attached hydrogens (tertiary/aromatic N) is 1. The van der Waals surface area contributed by atoms with Gasteiger partial charge in [-0.15, -0.1) is 0 Å². The predicted octanol–water partition coefficient (Wildman–Crippen LogP) is 0.811. The highest BCUT2D eigenvalue weighted by molar-refractivity contribution is 5.99. The Labute approximate surface area is 116 Å². The van der Waals surface area contributed by atoms with Gasteiger partial charge in [-0.05, 0) is 19.1 Å². The number of primary amides is 1. The number of fused-ring (bicyclic) bond motifs is 1. The summed E-state index contributed by atoms with van der Waals surface area (Å²) < 4.78 is 0. The quantitative estimate of drug-likeness (QED) is 0.764. The molecule has 5 N–H and O–H groups in total. The summed E-state index contributed by atoms with van der Waals surface area (Å²) >= 11 is 0. The lowest BCUT2D eigenvalue weighted by Gasteiger charge is -2.12. The first-order valence-corrected chi connectivity index (χ1v) is 6.22. The standard InChI is InChI=1S/C14H16N4O2/c1-8(6-13(16)19)17-14(20)12-7-10(15)9-4-2-3-5-11(9)18-12/h2-5,7-8H,6H2,1H3,(H2,15,18)(H2,16,19)(H,17,20). The fourth-order valence-corrected chi connectivity index (χ4v) is 1.97. The van der Waals surface area contributed by atoms with E-state index in [4.69, 9.17) is 11.5 Å². The molecule has 0 saturated carbocycles. The zero-order valence-corrected chi connectivity index (χ0v) is 11.1. The third-order valence-corrected chi connectivity index (χ3v) is 2.87. The number of pyridine rings is 1. The Morgan fingerprint density at radius 3 is 2.75 bits per heavy atom. The first kappa shape index (κ1) is 13.8. The molecule has 1 aromatic heterocycles. The lowest BCUT2D eigenvalue weighted by atomic mass is 10.1. The number of hydrogen-bond donors (Lipinski definition) is 3. The maximum absolute atomic E-state index is 12.1. The molecule has 0 saturated heterocycles. The summed E-state index contributed by atoms with van der Waals surface area (Å²) in [4.78, 5) is 27.1. The highest BCUT2D eigenvalue weighted by Gasteiger charge is 2.14. The van der Waals surface area contributed by atoms with E-state index in [1.54, 1.807) is 13.0 Å². The van der Waals surface area contributed by atoms with Crippen molar-refractivity contribution in [3.63, 3.8) is 0 Å². The summed E-state index contributed by atoms with van der Waals surface area (Å²) in [7, 11) is 0. The van der Waals surface area contributed by atoms with Gasteiger partial charge in [0.2, 0.25) is 5.91 Å². The first-order chi connectivity index (χ1) is 9.47. The Hall–Kier alpha value is -2.63. The number of rotatable bonds is 4. The van der Waals surface area contributed by atoms with E-state index in [0.29, 0.717) is 11.2 Å². The van der Waals surface area contributed by atoms with Crippen LogP contribution in [-0.4, -0.2) is 22.8 Å². The molecule has 104 valence electrons. The van der Waals surface area contributed by atoms with Crippen LogP contribution in [0.3, 0.4) is 0 Å². The average Bonchev–Trinajstić information content (AvgIpc) is 2.37. The molecule has 1 aromatic carbocycles. The van der Waals surface area contributed by atoms with Crippen molar-refractivity contribution in [2.75, 3.05) is 5.73 Å². The van der Waals surface area contributed by atoms with Gasteiger partial charge < -0.3 is 16.8 Å². The summed E-state index contributed by atoms with van der Waals surface area (Å²) in [6.07, 6.45) is 0.0782. The summed E-state index contributed by atoms with van der Waals surface area (Å²) in [5, 5.41) is 3.46. The molecule has 20 heavy (non-hydrogen) atoms. The van der Waals surface area contributed by atoms with Crippen LogP contribution < -0.4 is 16.8 Å². The monoisotopic (exact) mass is 272 g/mol. The second-order valence-electron chi connectivity index (χ2n) is 4.66. The van der Waals surface area contributed by atoms with E-state index < -0.39 is 5.91 Å². The SMILES string of the molecule is CC(CC(N)=O)NC(=O)c1cc(N)c2ccccc2n1. The Balaban J connectivity index is 2.24. The molecule has 1 heterocycles.